The van der Waals surface area contributed by atoms with E-state index in [2.05, 4.69) is 20.8 Å². The lowest BCUT2D eigenvalue weighted by molar-refractivity contribution is -0.115. The lowest BCUT2D eigenvalue weighted by Gasteiger charge is -2.12. The van der Waals surface area contributed by atoms with Crippen molar-refractivity contribution in [3.63, 3.8) is 0 Å². The SMILES string of the molecule is Cc1ccc(NC(=O)[C@@H](C)Sc2nnc(CNc3cccc(Cl)c3)n2C)cc1. The molecular weight excluding hydrogens is 394 g/mol. The van der Waals surface area contributed by atoms with Crippen molar-refractivity contribution in [3.8, 4) is 0 Å². The van der Waals surface area contributed by atoms with Gasteiger partial charge in [-0.3, -0.25) is 4.79 Å². The largest absolute Gasteiger partial charge is 0.378 e. The molecule has 6 nitrogen and oxygen atoms in total. The fraction of sp³-hybridized carbons (Fsp3) is 0.250. The third-order valence-corrected chi connectivity index (χ3v) is 5.54. The highest BCUT2D eigenvalue weighted by Gasteiger charge is 2.19. The molecule has 3 rings (SSSR count). The van der Waals surface area contributed by atoms with Crippen LogP contribution < -0.4 is 10.6 Å². The molecule has 1 heterocycles. The molecule has 2 N–H and O–H groups in total. The van der Waals surface area contributed by atoms with E-state index in [9.17, 15) is 4.79 Å². The minimum atomic E-state index is -0.307. The van der Waals surface area contributed by atoms with Gasteiger partial charge in [0.25, 0.3) is 0 Å². The number of benzene rings is 2. The average Bonchev–Trinajstić information content (AvgIpc) is 3.01. The van der Waals surface area contributed by atoms with Crippen LogP contribution in [0.2, 0.25) is 5.02 Å². The number of aromatic nitrogens is 3. The number of rotatable bonds is 7. The Bertz CT molecular complexity index is 957. The van der Waals surface area contributed by atoms with E-state index >= 15 is 0 Å². The van der Waals surface area contributed by atoms with Gasteiger partial charge in [0.1, 0.15) is 0 Å². The third kappa shape index (κ3) is 5.27. The van der Waals surface area contributed by atoms with E-state index in [4.69, 9.17) is 11.6 Å². The molecule has 1 aromatic heterocycles. The van der Waals surface area contributed by atoms with Gasteiger partial charge in [0.2, 0.25) is 5.91 Å². The Labute approximate surface area is 173 Å². The van der Waals surface area contributed by atoms with Gasteiger partial charge < -0.3 is 15.2 Å². The first-order valence-electron chi connectivity index (χ1n) is 8.84. The molecule has 0 saturated heterocycles. The second-order valence-electron chi connectivity index (χ2n) is 6.44. The summed E-state index contributed by atoms with van der Waals surface area (Å²) in [5.41, 5.74) is 2.85. The summed E-state index contributed by atoms with van der Waals surface area (Å²) >= 11 is 7.37. The molecule has 0 saturated carbocycles. The van der Waals surface area contributed by atoms with E-state index < -0.39 is 0 Å². The predicted molar refractivity (Wildman–Crippen MR) is 115 cm³/mol. The first kappa shape index (κ1) is 20.2. The van der Waals surface area contributed by atoms with Crippen molar-refractivity contribution in [2.24, 2.45) is 7.05 Å². The Kier molecular flexibility index (Phi) is 6.59. The highest BCUT2D eigenvalue weighted by atomic mass is 35.5. The molecule has 8 heteroatoms. The Morgan fingerprint density at radius 3 is 2.64 bits per heavy atom. The predicted octanol–water partition coefficient (Wildman–Crippen LogP) is 4.51. The van der Waals surface area contributed by atoms with Crippen LogP contribution in [0.4, 0.5) is 11.4 Å². The van der Waals surface area contributed by atoms with Crippen LogP contribution >= 0.6 is 23.4 Å². The van der Waals surface area contributed by atoms with Crippen LogP contribution in [0.25, 0.3) is 0 Å². The Morgan fingerprint density at radius 2 is 1.93 bits per heavy atom. The van der Waals surface area contributed by atoms with E-state index in [1.807, 2.05) is 74.0 Å². The summed E-state index contributed by atoms with van der Waals surface area (Å²) in [5, 5.41) is 15.7. The Morgan fingerprint density at radius 1 is 1.18 bits per heavy atom. The molecule has 0 radical (unpaired) electrons. The highest BCUT2D eigenvalue weighted by molar-refractivity contribution is 8.00. The normalized spacial score (nSPS) is 11.9. The minimum Gasteiger partial charge on any atom is -0.378 e. The molecule has 3 aromatic rings. The van der Waals surface area contributed by atoms with Crippen LogP contribution in [0.3, 0.4) is 0 Å². The lowest BCUT2D eigenvalue weighted by Crippen LogP contribution is -2.22. The van der Waals surface area contributed by atoms with E-state index in [-0.39, 0.29) is 11.2 Å². The molecule has 146 valence electrons. The van der Waals surface area contributed by atoms with Gasteiger partial charge in [-0.25, -0.2) is 0 Å². The average molecular weight is 416 g/mol. The molecule has 0 spiro atoms. The number of hydrogen-bond donors (Lipinski definition) is 2. The fourth-order valence-corrected chi connectivity index (χ4v) is 3.50. The fourth-order valence-electron chi connectivity index (χ4n) is 2.47. The molecule has 0 aliphatic heterocycles. The molecule has 28 heavy (non-hydrogen) atoms. The maximum atomic E-state index is 12.4. The first-order valence-corrected chi connectivity index (χ1v) is 10.1. The van der Waals surface area contributed by atoms with Gasteiger partial charge in [-0.1, -0.05) is 47.1 Å². The van der Waals surface area contributed by atoms with Gasteiger partial charge in [-0.15, -0.1) is 10.2 Å². The summed E-state index contributed by atoms with van der Waals surface area (Å²) in [6.07, 6.45) is 0. The zero-order chi connectivity index (χ0) is 20.1. The number of hydrogen-bond acceptors (Lipinski definition) is 5. The van der Waals surface area contributed by atoms with Crippen LogP contribution in [0.1, 0.15) is 18.3 Å². The molecular formula is C20H22ClN5OS. The van der Waals surface area contributed by atoms with Crippen LogP contribution in [-0.2, 0) is 18.4 Å². The van der Waals surface area contributed by atoms with Gasteiger partial charge in [-0.05, 0) is 44.2 Å². The summed E-state index contributed by atoms with van der Waals surface area (Å²) in [6.45, 7) is 4.37. The molecule has 1 atom stereocenters. The minimum absolute atomic E-state index is 0.0737. The Balaban J connectivity index is 1.58. The van der Waals surface area contributed by atoms with Crippen molar-refractivity contribution in [1.82, 2.24) is 14.8 Å². The zero-order valence-corrected chi connectivity index (χ0v) is 17.5. The number of nitrogens with zero attached hydrogens (tertiary/aromatic N) is 3. The summed E-state index contributed by atoms with van der Waals surface area (Å²) in [4.78, 5) is 12.4. The van der Waals surface area contributed by atoms with Crippen LogP contribution in [0.5, 0.6) is 0 Å². The van der Waals surface area contributed by atoms with Crippen LogP contribution in [-0.4, -0.2) is 25.9 Å². The zero-order valence-electron chi connectivity index (χ0n) is 15.9. The molecule has 0 aliphatic carbocycles. The van der Waals surface area contributed by atoms with Gasteiger partial charge in [-0.2, -0.15) is 0 Å². The number of thioether (sulfide) groups is 1. The summed E-state index contributed by atoms with van der Waals surface area (Å²) in [6, 6.07) is 15.2. The molecule has 1 amide bonds. The van der Waals surface area contributed by atoms with Crippen molar-refractivity contribution >= 4 is 40.6 Å². The van der Waals surface area contributed by atoms with E-state index in [0.717, 1.165) is 22.8 Å². The molecule has 0 fully saturated rings. The van der Waals surface area contributed by atoms with E-state index in [1.165, 1.54) is 11.8 Å². The number of carbonyl (C=O) groups is 1. The van der Waals surface area contributed by atoms with Crippen molar-refractivity contribution in [1.29, 1.82) is 0 Å². The maximum Gasteiger partial charge on any atom is 0.237 e. The molecule has 0 aliphatic rings. The topological polar surface area (TPSA) is 71.8 Å². The number of carbonyl (C=O) groups excluding carboxylic acids is 1. The van der Waals surface area contributed by atoms with E-state index in [1.54, 1.807) is 0 Å². The summed E-state index contributed by atoms with van der Waals surface area (Å²) in [5.74, 6) is 0.698. The maximum absolute atomic E-state index is 12.4. The van der Waals surface area contributed by atoms with Crippen molar-refractivity contribution < 1.29 is 4.79 Å². The number of aryl methyl sites for hydroxylation is 1. The quantitative estimate of drug-likeness (QED) is 0.555. The number of anilines is 2. The smallest absolute Gasteiger partial charge is 0.237 e. The third-order valence-electron chi connectivity index (χ3n) is 4.17. The van der Waals surface area contributed by atoms with Crippen molar-refractivity contribution in [2.45, 2.75) is 30.8 Å². The number of amides is 1. The second-order valence-corrected chi connectivity index (χ2v) is 8.18. The molecule has 0 unspecified atom stereocenters. The monoisotopic (exact) mass is 415 g/mol. The lowest BCUT2D eigenvalue weighted by atomic mass is 10.2. The van der Waals surface area contributed by atoms with Gasteiger partial charge in [0.05, 0.1) is 11.8 Å². The van der Waals surface area contributed by atoms with E-state index in [0.29, 0.717) is 16.7 Å². The standard InChI is InChI=1S/C20H22ClN5OS/c1-13-7-9-16(10-8-13)23-19(27)14(2)28-20-25-24-18(26(20)3)12-22-17-6-4-5-15(21)11-17/h4-11,14,22H,12H2,1-3H3,(H,23,27)/t14-/m1/s1. The van der Waals surface area contributed by atoms with Crippen molar-refractivity contribution in [3.05, 3.63) is 64.9 Å². The second kappa shape index (κ2) is 9.12. The Hall–Kier alpha value is -2.51. The molecule has 2 aromatic carbocycles. The summed E-state index contributed by atoms with van der Waals surface area (Å²) in [7, 11) is 1.89. The van der Waals surface area contributed by atoms with Crippen LogP contribution in [0, 0.1) is 6.92 Å². The first-order chi connectivity index (χ1) is 13.4. The van der Waals surface area contributed by atoms with Crippen LogP contribution in [0.15, 0.2) is 53.7 Å². The number of halogens is 1. The van der Waals surface area contributed by atoms with Gasteiger partial charge in [0.15, 0.2) is 11.0 Å². The number of nitrogens with one attached hydrogen (secondary N) is 2. The summed E-state index contributed by atoms with van der Waals surface area (Å²) < 4.78 is 1.89. The van der Waals surface area contributed by atoms with Crippen molar-refractivity contribution in [2.75, 3.05) is 10.6 Å². The molecule has 0 bridgehead atoms. The highest BCUT2D eigenvalue weighted by Crippen LogP contribution is 2.23. The van der Waals surface area contributed by atoms with Gasteiger partial charge in [0, 0.05) is 23.4 Å². The van der Waals surface area contributed by atoms with Gasteiger partial charge >= 0.3 is 0 Å².